The first kappa shape index (κ1) is 18.0. The van der Waals surface area contributed by atoms with E-state index >= 15 is 0 Å². The Hall–Kier alpha value is -2.02. The number of fused-ring (bicyclic) bond motifs is 2. The van der Waals surface area contributed by atoms with Gasteiger partial charge in [-0.15, -0.1) is 11.8 Å². The van der Waals surface area contributed by atoms with Crippen LogP contribution < -0.4 is 9.80 Å². The molecule has 4 nitrogen and oxygen atoms in total. The fourth-order valence-corrected chi connectivity index (χ4v) is 5.61. The minimum absolute atomic E-state index is 0.765. The number of benzene rings is 2. The number of rotatable bonds is 3. The van der Waals surface area contributed by atoms with Crippen LogP contribution in [0, 0.1) is 0 Å². The molecule has 0 radical (unpaired) electrons. The van der Waals surface area contributed by atoms with Crippen LogP contribution in [0.4, 0.5) is 10.8 Å². The van der Waals surface area contributed by atoms with Crippen molar-refractivity contribution in [2.24, 2.45) is 0 Å². The van der Waals surface area contributed by atoms with E-state index in [2.05, 4.69) is 45.3 Å². The summed E-state index contributed by atoms with van der Waals surface area (Å²) in [5, 5.41) is 3.08. The minimum atomic E-state index is 0.765. The Kier molecular flexibility index (Phi) is 4.78. The topological polar surface area (TPSA) is 32.3 Å². The van der Waals surface area contributed by atoms with Gasteiger partial charge in [-0.2, -0.15) is 0 Å². The molecule has 0 unspecified atom stereocenters. The third-order valence-corrected chi connectivity index (χ3v) is 7.19. The summed E-state index contributed by atoms with van der Waals surface area (Å²) in [7, 11) is 0. The molecule has 0 aliphatic carbocycles. The van der Waals surface area contributed by atoms with Crippen LogP contribution in [0.15, 0.2) is 53.6 Å². The monoisotopic (exact) mass is 426 g/mol. The Morgan fingerprint density at radius 1 is 1.00 bits per heavy atom. The molecule has 0 amide bonds. The van der Waals surface area contributed by atoms with Crippen LogP contribution in [0.25, 0.3) is 21.1 Å². The van der Waals surface area contributed by atoms with Gasteiger partial charge in [0.05, 0.1) is 21.4 Å². The first-order chi connectivity index (χ1) is 13.7. The van der Waals surface area contributed by atoms with Gasteiger partial charge in [-0.05, 0) is 30.5 Å². The number of halogens is 1. The lowest BCUT2D eigenvalue weighted by Gasteiger charge is -2.37. The van der Waals surface area contributed by atoms with E-state index in [9.17, 15) is 0 Å². The van der Waals surface area contributed by atoms with Crippen molar-refractivity contribution in [3.63, 3.8) is 0 Å². The van der Waals surface area contributed by atoms with Crippen LogP contribution in [-0.2, 0) is 0 Å². The maximum absolute atomic E-state index is 6.13. The van der Waals surface area contributed by atoms with Crippen LogP contribution >= 0.6 is 34.7 Å². The lowest BCUT2D eigenvalue weighted by Crippen LogP contribution is -2.46. The fraction of sp³-hybridized carbons (Fsp3) is 0.238. The summed E-state index contributed by atoms with van der Waals surface area (Å²) in [6, 6.07) is 14.3. The van der Waals surface area contributed by atoms with E-state index in [-0.39, 0.29) is 0 Å². The van der Waals surface area contributed by atoms with Crippen LogP contribution in [0.1, 0.15) is 0 Å². The van der Waals surface area contributed by atoms with Crippen molar-refractivity contribution < 1.29 is 0 Å². The second-order valence-corrected chi connectivity index (χ2v) is 9.07. The molecule has 4 aromatic rings. The molecule has 1 saturated heterocycles. The number of nitrogens with zero attached hydrogens (tertiary/aromatic N) is 4. The number of aromatic nitrogens is 2. The maximum Gasteiger partial charge on any atom is 0.186 e. The highest BCUT2D eigenvalue weighted by Gasteiger charge is 2.23. The van der Waals surface area contributed by atoms with E-state index in [1.165, 1.54) is 16.0 Å². The number of pyridine rings is 1. The Labute approximate surface area is 177 Å². The summed E-state index contributed by atoms with van der Waals surface area (Å²) in [6.07, 6.45) is 4.13. The number of thioether (sulfide) groups is 1. The van der Waals surface area contributed by atoms with Crippen LogP contribution in [0.3, 0.4) is 0 Å². The zero-order chi connectivity index (χ0) is 19.1. The molecule has 142 valence electrons. The van der Waals surface area contributed by atoms with Gasteiger partial charge in [-0.25, -0.2) is 4.98 Å². The average Bonchev–Trinajstić information content (AvgIpc) is 3.16. The lowest BCUT2D eigenvalue weighted by atomic mass is 10.1. The molecule has 0 bridgehead atoms. The van der Waals surface area contributed by atoms with E-state index in [0.29, 0.717) is 0 Å². The number of para-hydroxylation sites is 1. The van der Waals surface area contributed by atoms with Gasteiger partial charge in [-0.1, -0.05) is 41.1 Å². The summed E-state index contributed by atoms with van der Waals surface area (Å²) in [6.45, 7) is 3.85. The second-order valence-electron chi connectivity index (χ2n) is 6.77. The molecule has 3 heterocycles. The molecular weight excluding hydrogens is 408 g/mol. The Morgan fingerprint density at radius 2 is 1.79 bits per heavy atom. The molecule has 2 aromatic heterocycles. The van der Waals surface area contributed by atoms with Gasteiger partial charge < -0.3 is 9.80 Å². The quantitative estimate of drug-likeness (QED) is 0.401. The zero-order valence-electron chi connectivity index (χ0n) is 15.4. The molecule has 5 rings (SSSR count). The molecule has 0 spiro atoms. The highest BCUT2D eigenvalue weighted by molar-refractivity contribution is 7.98. The summed E-state index contributed by atoms with van der Waals surface area (Å²) >= 11 is 9.62. The van der Waals surface area contributed by atoms with Gasteiger partial charge in [0.15, 0.2) is 5.13 Å². The number of thiazole rings is 1. The Bertz CT molecular complexity index is 1150. The predicted molar refractivity (Wildman–Crippen MR) is 123 cm³/mol. The van der Waals surface area contributed by atoms with Crippen molar-refractivity contribution in [2.75, 3.05) is 42.2 Å². The van der Waals surface area contributed by atoms with Gasteiger partial charge in [0.1, 0.15) is 0 Å². The molecule has 0 saturated carbocycles. The minimum Gasteiger partial charge on any atom is -0.366 e. The third kappa shape index (κ3) is 3.19. The van der Waals surface area contributed by atoms with E-state index in [4.69, 9.17) is 16.6 Å². The van der Waals surface area contributed by atoms with E-state index in [1.807, 2.05) is 24.4 Å². The average molecular weight is 427 g/mol. The van der Waals surface area contributed by atoms with Crippen molar-refractivity contribution in [1.82, 2.24) is 9.97 Å². The van der Waals surface area contributed by atoms with Crippen molar-refractivity contribution in [1.29, 1.82) is 0 Å². The van der Waals surface area contributed by atoms with E-state index < -0.39 is 0 Å². The van der Waals surface area contributed by atoms with Crippen molar-refractivity contribution in [3.05, 3.63) is 53.7 Å². The molecule has 1 aliphatic heterocycles. The number of hydrogen-bond donors (Lipinski definition) is 0. The third-order valence-electron chi connectivity index (χ3n) is 5.14. The van der Waals surface area contributed by atoms with E-state index in [1.54, 1.807) is 23.1 Å². The summed E-state index contributed by atoms with van der Waals surface area (Å²) < 4.78 is 1.15. The van der Waals surface area contributed by atoms with Crippen LogP contribution in [-0.4, -0.2) is 42.4 Å². The Morgan fingerprint density at radius 3 is 2.61 bits per heavy atom. The lowest BCUT2D eigenvalue weighted by molar-refractivity contribution is 0.650. The summed E-state index contributed by atoms with van der Waals surface area (Å²) in [5.74, 6) is 0. The Balaban J connectivity index is 1.42. The predicted octanol–water partition coefficient (Wildman–Crippen LogP) is 5.55. The first-order valence-electron chi connectivity index (χ1n) is 9.20. The van der Waals surface area contributed by atoms with Gasteiger partial charge in [0, 0.05) is 47.7 Å². The molecular formula is C21H19ClN4S2. The summed E-state index contributed by atoms with van der Waals surface area (Å²) in [4.78, 5) is 15.6. The van der Waals surface area contributed by atoms with E-state index in [0.717, 1.165) is 52.1 Å². The standard InChI is InChI=1S/C21H19ClN4S2/c1-27-19-13-23-16-5-3-2-4-15(16)20(19)25-8-10-26(11-9-25)21-24-17-7-6-14(22)12-18(17)28-21/h2-7,12-13H,8-11H2,1H3. The highest BCUT2D eigenvalue weighted by atomic mass is 35.5. The van der Waals surface area contributed by atoms with Gasteiger partial charge in [-0.3, -0.25) is 4.98 Å². The largest absolute Gasteiger partial charge is 0.366 e. The van der Waals surface area contributed by atoms with Gasteiger partial charge in [0.2, 0.25) is 0 Å². The van der Waals surface area contributed by atoms with Crippen molar-refractivity contribution in [2.45, 2.75) is 4.90 Å². The molecule has 2 aromatic carbocycles. The highest BCUT2D eigenvalue weighted by Crippen LogP contribution is 2.36. The van der Waals surface area contributed by atoms with Gasteiger partial charge in [0.25, 0.3) is 0 Å². The molecule has 0 atom stereocenters. The molecule has 28 heavy (non-hydrogen) atoms. The SMILES string of the molecule is CSc1cnc2ccccc2c1N1CCN(c2nc3ccc(Cl)cc3s2)CC1. The molecule has 1 fully saturated rings. The first-order valence-corrected chi connectivity index (χ1v) is 11.6. The second kappa shape index (κ2) is 7.43. The van der Waals surface area contributed by atoms with Crippen molar-refractivity contribution >= 4 is 66.6 Å². The maximum atomic E-state index is 6.13. The van der Waals surface area contributed by atoms with Gasteiger partial charge >= 0.3 is 0 Å². The fourth-order valence-electron chi connectivity index (χ4n) is 3.73. The van der Waals surface area contributed by atoms with Crippen molar-refractivity contribution in [3.8, 4) is 0 Å². The molecule has 1 aliphatic rings. The number of piperazine rings is 1. The smallest absolute Gasteiger partial charge is 0.186 e. The summed E-state index contributed by atoms with van der Waals surface area (Å²) in [5.41, 5.74) is 3.39. The number of hydrogen-bond acceptors (Lipinski definition) is 6. The normalized spacial score (nSPS) is 14.9. The molecule has 0 N–H and O–H groups in total. The number of anilines is 2. The molecule has 7 heteroatoms. The van der Waals surface area contributed by atoms with Crippen LogP contribution in [0.5, 0.6) is 0 Å². The van der Waals surface area contributed by atoms with Crippen LogP contribution in [0.2, 0.25) is 5.02 Å². The zero-order valence-corrected chi connectivity index (χ0v) is 17.8.